The third-order valence-corrected chi connectivity index (χ3v) is 4.30. The van der Waals surface area contributed by atoms with Gasteiger partial charge in [0.2, 0.25) is 0 Å². The molecule has 0 saturated heterocycles. The number of carbonyl (C=O) groups excluding carboxylic acids is 2. The average Bonchev–Trinajstić information content (AvgIpc) is 2.70. The second-order valence-corrected chi connectivity index (χ2v) is 6.63. The van der Waals surface area contributed by atoms with Gasteiger partial charge in [0.1, 0.15) is 17.1 Å². The van der Waals surface area contributed by atoms with Gasteiger partial charge in [-0.3, -0.25) is 0 Å². The van der Waals surface area contributed by atoms with Crippen molar-refractivity contribution in [1.82, 2.24) is 10.6 Å². The Balaban J connectivity index is 2.04. The highest BCUT2D eigenvalue weighted by Gasteiger charge is 2.19. The molecule has 0 bridgehead atoms. The molecule has 2 N–H and O–H groups in total. The highest BCUT2D eigenvalue weighted by molar-refractivity contribution is 5.92. The first-order valence-electron chi connectivity index (χ1n) is 8.90. The molecule has 2 amide bonds. The number of esters is 1. The van der Waals surface area contributed by atoms with Crippen molar-refractivity contribution in [3.63, 3.8) is 0 Å². The summed E-state index contributed by atoms with van der Waals surface area (Å²) < 4.78 is 23.1. The lowest BCUT2D eigenvalue weighted by molar-refractivity contribution is 0.0597. The van der Waals surface area contributed by atoms with Crippen molar-refractivity contribution in [2.75, 3.05) is 14.2 Å². The minimum absolute atomic E-state index is 0.114. The molecule has 2 aromatic rings. The number of nitrogens with one attached hydrogen (secondary N) is 2. The van der Waals surface area contributed by atoms with E-state index in [-0.39, 0.29) is 35.9 Å². The summed E-state index contributed by atoms with van der Waals surface area (Å²) in [5.74, 6) is -0.324. The van der Waals surface area contributed by atoms with E-state index < -0.39 is 5.97 Å². The quantitative estimate of drug-likeness (QED) is 0.707. The van der Waals surface area contributed by atoms with E-state index in [4.69, 9.17) is 9.47 Å². The van der Waals surface area contributed by atoms with Crippen molar-refractivity contribution >= 4 is 12.0 Å². The molecule has 0 aliphatic rings. The van der Waals surface area contributed by atoms with E-state index in [2.05, 4.69) is 10.6 Å². The summed E-state index contributed by atoms with van der Waals surface area (Å²) in [5, 5.41) is 5.67. The molecule has 0 heterocycles. The molecule has 7 heteroatoms. The zero-order valence-electron chi connectivity index (χ0n) is 16.4. The lowest BCUT2D eigenvalue weighted by Gasteiger charge is -2.23. The van der Waals surface area contributed by atoms with Crippen LogP contribution in [0.25, 0.3) is 0 Å². The van der Waals surface area contributed by atoms with Gasteiger partial charge in [-0.1, -0.05) is 32.0 Å². The molecule has 0 fully saturated rings. The van der Waals surface area contributed by atoms with Gasteiger partial charge in [-0.15, -0.1) is 0 Å². The maximum Gasteiger partial charge on any atom is 0.341 e. The lowest BCUT2D eigenvalue weighted by Crippen LogP contribution is -2.39. The van der Waals surface area contributed by atoms with E-state index >= 15 is 0 Å². The summed E-state index contributed by atoms with van der Waals surface area (Å²) >= 11 is 0. The Morgan fingerprint density at radius 2 is 1.75 bits per heavy atom. The van der Waals surface area contributed by atoms with Gasteiger partial charge in [-0.2, -0.15) is 0 Å². The van der Waals surface area contributed by atoms with Crippen LogP contribution in [0.3, 0.4) is 0 Å². The van der Waals surface area contributed by atoms with Gasteiger partial charge in [0.25, 0.3) is 0 Å². The van der Waals surface area contributed by atoms with Crippen LogP contribution in [-0.2, 0) is 11.3 Å². The molecule has 6 nitrogen and oxygen atoms in total. The number of amides is 2. The fourth-order valence-corrected chi connectivity index (χ4v) is 2.81. The number of hydrogen-bond donors (Lipinski definition) is 2. The van der Waals surface area contributed by atoms with Crippen LogP contribution in [0.15, 0.2) is 42.5 Å². The van der Waals surface area contributed by atoms with Crippen LogP contribution in [0.1, 0.15) is 41.4 Å². The number of rotatable bonds is 7. The molecule has 0 radical (unpaired) electrons. The Morgan fingerprint density at radius 3 is 2.32 bits per heavy atom. The summed E-state index contributed by atoms with van der Waals surface area (Å²) in [7, 11) is 2.76. The Bertz CT molecular complexity index is 822. The molecule has 1 atom stereocenters. The number of benzene rings is 2. The van der Waals surface area contributed by atoms with Gasteiger partial charge in [0.15, 0.2) is 0 Å². The van der Waals surface area contributed by atoms with Crippen LogP contribution in [-0.4, -0.2) is 26.2 Å². The molecular weight excluding hydrogens is 363 g/mol. The van der Waals surface area contributed by atoms with Gasteiger partial charge in [0, 0.05) is 6.54 Å². The topological polar surface area (TPSA) is 76.7 Å². The molecule has 0 aliphatic carbocycles. The first-order chi connectivity index (χ1) is 13.3. The van der Waals surface area contributed by atoms with Crippen LogP contribution in [0.5, 0.6) is 5.75 Å². The fourth-order valence-electron chi connectivity index (χ4n) is 2.81. The highest BCUT2D eigenvalue weighted by Crippen LogP contribution is 2.22. The van der Waals surface area contributed by atoms with Crippen LogP contribution in [0.2, 0.25) is 0 Å². The number of hydrogen-bond acceptors (Lipinski definition) is 4. The van der Waals surface area contributed by atoms with Crippen molar-refractivity contribution in [2.24, 2.45) is 5.92 Å². The largest absolute Gasteiger partial charge is 0.496 e. The number of halogens is 1. The van der Waals surface area contributed by atoms with Crippen molar-refractivity contribution in [3.05, 3.63) is 65.0 Å². The average molecular weight is 388 g/mol. The van der Waals surface area contributed by atoms with E-state index in [1.807, 2.05) is 13.8 Å². The zero-order valence-corrected chi connectivity index (χ0v) is 16.4. The second-order valence-electron chi connectivity index (χ2n) is 6.63. The van der Waals surface area contributed by atoms with Gasteiger partial charge in [0.05, 0.1) is 20.3 Å². The maximum atomic E-state index is 13.1. The van der Waals surface area contributed by atoms with Crippen molar-refractivity contribution < 1.29 is 23.5 Å². The van der Waals surface area contributed by atoms with Crippen LogP contribution >= 0.6 is 0 Å². The van der Waals surface area contributed by atoms with E-state index in [1.165, 1.54) is 26.4 Å². The van der Waals surface area contributed by atoms with Crippen LogP contribution < -0.4 is 15.4 Å². The molecule has 2 aromatic carbocycles. The molecule has 0 saturated carbocycles. The van der Waals surface area contributed by atoms with E-state index in [0.717, 1.165) is 11.1 Å². The monoisotopic (exact) mass is 388 g/mol. The lowest BCUT2D eigenvalue weighted by atomic mass is 9.96. The fraction of sp³-hybridized carbons (Fsp3) is 0.333. The van der Waals surface area contributed by atoms with Gasteiger partial charge < -0.3 is 20.1 Å². The number of methoxy groups -OCH3 is 2. The normalized spacial score (nSPS) is 11.6. The summed E-state index contributed by atoms with van der Waals surface area (Å²) in [4.78, 5) is 24.2. The molecule has 0 unspecified atom stereocenters. The summed E-state index contributed by atoms with van der Waals surface area (Å²) in [5.41, 5.74) is 1.83. The number of urea groups is 1. The second kappa shape index (κ2) is 9.73. The van der Waals surface area contributed by atoms with E-state index in [0.29, 0.717) is 5.75 Å². The van der Waals surface area contributed by atoms with Gasteiger partial charge in [-0.25, -0.2) is 14.0 Å². The first kappa shape index (κ1) is 21.2. The third-order valence-electron chi connectivity index (χ3n) is 4.30. The molecule has 0 aliphatic heterocycles. The maximum absolute atomic E-state index is 13.1. The molecule has 150 valence electrons. The number of carbonyl (C=O) groups is 2. The van der Waals surface area contributed by atoms with Crippen molar-refractivity contribution in [2.45, 2.75) is 26.4 Å². The summed E-state index contributed by atoms with van der Waals surface area (Å²) in [6.45, 7) is 4.16. The first-order valence-corrected chi connectivity index (χ1v) is 8.90. The van der Waals surface area contributed by atoms with Gasteiger partial charge in [-0.05, 0) is 41.3 Å². The summed E-state index contributed by atoms with van der Waals surface area (Å²) in [6, 6.07) is 10.5. The highest BCUT2D eigenvalue weighted by atomic mass is 19.1. The Hall–Kier alpha value is -3.09. The standard InChI is InChI=1S/C21H25FN2O4/c1-13(2)19(15-6-8-16(22)9-7-15)24-21(26)23-12-14-5-10-18(27-3)17(11-14)20(25)28-4/h5-11,13,19H,12H2,1-4H3,(H2,23,24,26)/t19-/m1/s1. The Morgan fingerprint density at radius 1 is 1.07 bits per heavy atom. The molecule has 28 heavy (non-hydrogen) atoms. The smallest absolute Gasteiger partial charge is 0.341 e. The third kappa shape index (κ3) is 5.45. The molecule has 0 aromatic heterocycles. The van der Waals surface area contributed by atoms with Gasteiger partial charge >= 0.3 is 12.0 Å². The minimum atomic E-state index is -0.515. The van der Waals surface area contributed by atoms with Crippen molar-refractivity contribution in [3.8, 4) is 5.75 Å². The Kier molecular flexibility index (Phi) is 7.37. The van der Waals surface area contributed by atoms with E-state index in [1.54, 1.807) is 30.3 Å². The van der Waals surface area contributed by atoms with E-state index in [9.17, 15) is 14.0 Å². The summed E-state index contributed by atoms with van der Waals surface area (Å²) in [6.07, 6.45) is 0. The van der Waals surface area contributed by atoms with Crippen LogP contribution in [0, 0.1) is 11.7 Å². The van der Waals surface area contributed by atoms with Crippen LogP contribution in [0.4, 0.5) is 9.18 Å². The zero-order chi connectivity index (χ0) is 20.7. The Labute approximate surface area is 164 Å². The molecule has 0 spiro atoms. The SMILES string of the molecule is COC(=O)c1cc(CNC(=O)N[C@@H](c2ccc(F)cc2)C(C)C)ccc1OC. The predicted octanol–water partition coefficient (Wildman–Crippen LogP) is 3.82. The molecular formula is C21H25FN2O4. The van der Waals surface area contributed by atoms with Crippen molar-refractivity contribution in [1.29, 1.82) is 0 Å². The minimum Gasteiger partial charge on any atom is -0.496 e. The molecule has 2 rings (SSSR count). The number of ether oxygens (including phenoxy) is 2. The predicted molar refractivity (Wildman–Crippen MR) is 104 cm³/mol.